The Morgan fingerprint density at radius 3 is 2.74 bits per heavy atom. The van der Waals surface area contributed by atoms with E-state index in [0.29, 0.717) is 13.2 Å². The van der Waals surface area contributed by atoms with Crippen molar-refractivity contribution in [3.8, 4) is 11.5 Å². The fraction of sp³-hybridized carbons (Fsp3) is 0.611. The fourth-order valence-electron chi connectivity index (χ4n) is 2.62. The van der Waals surface area contributed by atoms with Crippen LogP contribution in [0.3, 0.4) is 0 Å². The maximum atomic E-state index is 5.87. The molecular formula is C18H29N3O2. The molecule has 0 bridgehead atoms. The molecule has 1 atom stereocenters. The number of nitrogens with one attached hydrogen (secondary N) is 2. The van der Waals surface area contributed by atoms with E-state index in [2.05, 4.69) is 55.5 Å². The van der Waals surface area contributed by atoms with Crippen LogP contribution in [0.5, 0.6) is 11.5 Å². The number of hydrogen-bond acceptors (Lipinski definition) is 3. The molecule has 0 spiro atoms. The van der Waals surface area contributed by atoms with Gasteiger partial charge in [0.25, 0.3) is 0 Å². The number of hydrogen-bond donors (Lipinski definition) is 2. The molecule has 5 heteroatoms. The Kier molecular flexibility index (Phi) is 5.39. The third-order valence-corrected chi connectivity index (χ3v) is 3.54. The van der Waals surface area contributed by atoms with Crippen LogP contribution in [0.4, 0.5) is 0 Å². The summed E-state index contributed by atoms with van der Waals surface area (Å²) in [6.45, 7) is 11.7. The van der Waals surface area contributed by atoms with Gasteiger partial charge in [-0.3, -0.25) is 4.99 Å². The number of ether oxygens (including phenoxy) is 2. The van der Waals surface area contributed by atoms with Crippen LogP contribution in [0.2, 0.25) is 0 Å². The van der Waals surface area contributed by atoms with Gasteiger partial charge in [0.2, 0.25) is 0 Å². The SMILES string of the molecule is CCOc1cc2c(cc1CNC(=NC)NC(C)(C)C)OC(C)C2. The van der Waals surface area contributed by atoms with Gasteiger partial charge in [0.05, 0.1) is 6.61 Å². The van der Waals surface area contributed by atoms with Gasteiger partial charge < -0.3 is 20.1 Å². The number of fused-ring (bicyclic) bond motifs is 1. The summed E-state index contributed by atoms with van der Waals surface area (Å²) in [7, 11) is 1.78. The molecule has 1 aliphatic rings. The van der Waals surface area contributed by atoms with E-state index in [0.717, 1.165) is 29.4 Å². The lowest BCUT2D eigenvalue weighted by atomic mass is 10.1. The molecule has 0 amide bonds. The van der Waals surface area contributed by atoms with Crippen LogP contribution in [0, 0.1) is 0 Å². The van der Waals surface area contributed by atoms with Crippen molar-refractivity contribution in [1.29, 1.82) is 0 Å². The number of nitrogens with zero attached hydrogens (tertiary/aromatic N) is 1. The van der Waals surface area contributed by atoms with E-state index in [1.807, 2.05) is 6.92 Å². The Labute approximate surface area is 139 Å². The molecule has 128 valence electrons. The molecule has 0 aromatic heterocycles. The van der Waals surface area contributed by atoms with E-state index in [1.54, 1.807) is 7.05 Å². The van der Waals surface area contributed by atoms with Crippen LogP contribution in [-0.4, -0.2) is 31.3 Å². The molecule has 1 unspecified atom stereocenters. The van der Waals surface area contributed by atoms with E-state index in [-0.39, 0.29) is 11.6 Å². The average Bonchev–Trinajstić information content (AvgIpc) is 2.81. The average molecular weight is 319 g/mol. The predicted molar refractivity (Wildman–Crippen MR) is 94.5 cm³/mol. The highest BCUT2D eigenvalue weighted by Crippen LogP contribution is 2.35. The highest BCUT2D eigenvalue weighted by atomic mass is 16.5. The van der Waals surface area contributed by atoms with Gasteiger partial charge in [-0.1, -0.05) is 0 Å². The topological polar surface area (TPSA) is 54.9 Å². The molecule has 0 aliphatic carbocycles. The first-order valence-electron chi connectivity index (χ1n) is 8.26. The van der Waals surface area contributed by atoms with Crippen molar-refractivity contribution in [3.63, 3.8) is 0 Å². The molecule has 2 rings (SSSR count). The summed E-state index contributed by atoms with van der Waals surface area (Å²) < 4.78 is 11.7. The summed E-state index contributed by atoms with van der Waals surface area (Å²) in [5.41, 5.74) is 2.26. The van der Waals surface area contributed by atoms with Crippen molar-refractivity contribution in [3.05, 3.63) is 23.3 Å². The Hall–Kier alpha value is -1.91. The van der Waals surface area contributed by atoms with Gasteiger partial charge in [0.1, 0.15) is 17.6 Å². The molecule has 0 saturated carbocycles. The summed E-state index contributed by atoms with van der Waals surface area (Å²) >= 11 is 0. The third kappa shape index (κ3) is 4.78. The standard InChI is InChI=1S/C18H29N3O2/c1-7-22-15-9-13-8-12(2)23-16(13)10-14(15)11-20-17(19-6)21-18(3,4)5/h9-10,12H,7-8,11H2,1-6H3,(H2,19,20,21). The normalized spacial score (nSPS) is 17.5. The first-order chi connectivity index (χ1) is 10.8. The zero-order chi connectivity index (χ0) is 17.0. The minimum Gasteiger partial charge on any atom is -0.494 e. The lowest BCUT2D eigenvalue weighted by molar-refractivity contribution is 0.254. The summed E-state index contributed by atoms with van der Waals surface area (Å²) in [6.07, 6.45) is 1.18. The second kappa shape index (κ2) is 7.11. The molecule has 2 N–H and O–H groups in total. The summed E-state index contributed by atoms with van der Waals surface area (Å²) in [5, 5.41) is 6.70. The first kappa shape index (κ1) is 17.4. The molecule has 0 radical (unpaired) electrons. The molecular weight excluding hydrogens is 290 g/mol. The zero-order valence-corrected chi connectivity index (χ0v) is 15.1. The molecule has 1 aliphatic heterocycles. The molecule has 1 heterocycles. The van der Waals surface area contributed by atoms with E-state index >= 15 is 0 Å². The second-order valence-corrected chi connectivity index (χ2v) is 6.93. The van der Waals surface area contributed by atoms with E-state index in [4.69, 9.17) is 9.47 Å². The van der Waals surface area contributed by atoms with Crippen molar-refractivity contribution in [2.45, 2.75) is 59.2 Å². The van der Waals surface area contributed by atoms with Crippen molar-refractivity contribution >= 4 is 5.96 Å². The molecule has 0 saturated heterocycles. The maximum Gasteiger partial charge on any atom is 0.191 e. The summed E-state index contributed by atoms with van der Waals surface area (Å²) in [6, 6.07) is 4.19. The summed E-state index contributed by atoms with van der Waals surface area (Å²) in [4.78, 5) is 4.27. The van der Waals surface area contributed by atoms with Gasteiger partial charge in [-0.05, 0) is 46.8 Å². The summed E-state index contributed by atoms with van der Waals surface area (Å²) in [5.74, 6) is 2.66. The van der Waals surface area contributed by atoms with Crippen molar-refractivity contribution < 1.29 is 9.47 Å². The van der Waals surface area contributed by atoms with Gasteiger partial charge in [-0.25, -0.2) is 0 Å². The fourth-order valence-corrected chi connectivity index (χ4v) is 2.62. The molecule has 0 fully saturated rings. The largest absolute Gasteiger partial charge is 0.494 e. The van der Waals surface area contributed by atoms with Gasteiger partial charge >= 0.3 is 0 Å². The van der Waals surface area contributed by atoms with E-state index < -0.39 is 0 Å². The molecule has 5 nitrogen and oxygen atoms in total. The highest BCUT2D eigenvalue weighted by Gasteiger charge is 2.22. The van der Waals surface area contributed by atoms with E-state index in [1.165, 1.54) is 5.56 Å². The molecule has 23 heavy (non-hydrogen) atoms. The number of rotatable bonds is 4. The van der Waals surface area contributed by atoms with Crippen LogP contribution in [0.25, 0.3) is 0 Å². The van der Waals surface area contributed by atoms with E-state index in [9.17, 15) is 0 Å². The van der Waals surface area contributed by atoms with Crippen molar-refractivity contribution in [2.75, 3.05) is 13.7 Å². The maximum absolute atomic E-state index is 5.87. The molecule has 1 aromatic rings. The van der Waals surface area contributed by atoms with Crippen LogP contribution in [-0.2, 0) is 13.0 Å². The Balaban J connectivity index is 2.14. The van der Waals surface area contributed by atoms with Gasteiger partial charge in [-0.2, -0.15) is 0 Å². The minimum atomic E-state index is -0.0406. The lowest BCUT2D eigenvalue weighted by Crippen LogP contribution is -2.47. The number of aliphatic imine (C=N–C) groups is 1. The quantitative estimate of drug-likeness (QED) is 0.662. The van der Waals surface area contributed by atoms with Crippen molar-refractivity contribution in [2.24, 2.45) is 4.99 Å². The zero-order valence-electron chi connectivity index (χ0n) is 15.1. The smallest absolute Gasteiger partial charge is 0.191 e. The van der Waals surface area contributed by atoms with Gasteiger partial charge in [-0.15, -0.1) is 0 Å². The van der Waals surface area contributed by atoms with Crippen LogP contribution in [0.1, 0.15) is 45.7 Å². The monoisotopic (exact) mass is 319 g/mol. The lowest BCUT2D eigenvalue weighted by Gasteiger charge is -2.24. The first-order valence-corrected chi connectivity index (χ1v) is 8.26. The van der Waals surface area contributed by atoms with Crippen LogP contribution < -0.4 is 20.1 Å². The number of guanidine groups is 1. The van der Waals surface area contributed by atoms with Gasteiger partial charge in [0, 0.05) is 36.7 Å². The Morgan fingerprint density at radius 2 is 2.13 bits per heavy atom. The Morgan fingerprint density at radius 1 is 1.39 bits per heavy atom. The molecule has 1 aromatic carbocycles. The van der Waals surface area contributed by atoms with Crippen LogP contribution in [0.15, 0.2) is 17.1 Å². The van der Waals surface area contributed by atoms with Crippen LogP contribution >= 0.6 is 0 Å². The number of benzene rings is 1. The third-order valence-electron chi connectivity index (χ3n) is 3.54. The second-order valence-electron chi connectivity index (χ2n) is 6.93. The van der Waals surface area contributed by atoms with Gasteiger partial charge in [0.15, 0.2) is 5.96 Å². The Bertz CT molecular complexity index is 576. The minimum absolute atomic E-state index is 0.0406. The predicted octanol–water partition coefficient (Wildman–Crippen LogP) is 2.87. The van der Waals surface area contributed by atoms with Crippen molar-refractivity contribution in [1.82, 2.24) is 10.6 Å². The highest BCUT2D eigenvalue weighted by molar-refractivity contribution is 5.80.